The van der Waals surface area contributed by atoms with Gasteiger partial charge in [0.05, 0.1) is 6.42 Å². The normalized spacial score (nSPS) is 13.3. The van der Waals surface area contributed by atoms with Crippen LogP contribution in [0.25, 0.3) is 0 Å². The van der Waals surface area contributed by atoms with Gasteiger partial charge >= 0.3 is 5.97 Å². The van der Waals surface area contributed by atoms with E-state index in [1.54, 1.807) is 42.9 Å². The molecule has 0 aliphatic rings. The summed E-state index contributed by atoms with van der Waals surface area (Å²) in [7, 11) is 8.09. The number of amides is 1. The molecular weight excluding hydrogens is 693 g/mol. The average molecular weight is 757 g/mol. The van der Waals surface area contributed by atoms with E-state index in [-0.39, 0.29) is 36.0 Å². The van der Waals surface area contributed by atoms with Gasteiger partial charge in [-0.15, -0.1) is 0 Å². The van der Waals surface area contributed by atoms with Gasteiger partial charge in [-0.3, -0.25) is 19.6 Å². The summed E-state index contributed by atoms with van der Waals surface area (Å²) < 4.78 is 0. The molecule has 0 aliphatic heterocycles. The van der Waals surface area contributed by atoms with Crippen LogP contribution in [-0.2, 0) is 22.4 Å². The van der Waals surface area contributed by atoms with E-state index in [1.165, 1.54) is 5.56 Å². The molecule has 0 aliphatic carbocycles. The van der Waals surface area contributed by atoms with E-state index < -0.39 is 5.97 Å². The Labute approximate surface area is 328 Å². The maximum Gasteiger partial charge on any atom is 0.303 e. The predicted octanol–water partition coefficient (Wildman–Crippen LogP) is 6.33. The van der Waals surface area contributed by atoms with Crippen molar-refractivity contribution < 1.29 is 24.9 Å². The molecule has 0 spiro atoms. The number of nitrogens with one attached hydrogen (secondary N) is 1. The standard InChI is InChI=1S/C22H31N3O2.C11H18N2O.C11H15NO2/c1-16(2)21(18-6-5-11-23-14-18)13-22(27)24-15-19(25(3)4)12-17-7-9-20(26)10-8-17;1-13(2)10(8-12)7-9-3-5-11(14)6-4-9;1-8(2)10(6-11(13)14)9-4-3-5-12-7-9/h5-11,14,16,19,21,26H,12-13,15H2,1-4H3,(H,24,27);3-6,10,14H,7-8,12H2,1-2H3;3-5,7-8,10H,6H2,1-2H3,(H,13,14)/t19-,21-;2*10-/m000/s1. The van der Waals surface area contributed by atoms with Crippen LogP contribution in [0.15, 0.2) is 97.6 Å². The Morgan fingerprint density at radius 3 is 1.44 bits per heavy atom. The second-order valence-electron chi connectivity index (χ2n) is 15.1. The van der Waals surface area contributed by atoms with Crippen molar-refractivity contribution in [1.82, 2.24) is 25.1 Å². The fourth-order valence-corrected chi connectivity index (χ4v) is 6.08. The molecule has 0 unspecified atom stereocenters. The summed E-state index contributed by atoms with van der Waals surface area (Å²) in [5.74, 6) is 0.779. The summed E-state index contributed by atoms with van der Waals surface area (Å²) in [5.41, 5.74) is 10.1. The quantitative estimate of drug-likeness (QED) is 0.0823. The first-order valence-corrected chi connectivity index (χ1v) is 19.0. The van der Waals surface area contributed by atoms with Gasteiger partial charge in [0.15, 0.2) is 0 Å². The Bertz CT molecular complexity index is 1640. The van der Waals surface area contributed by atoms with E-state index in [2.05, 4.69) is 38.9 Å². The maximum absolute atomic E-state index is 12.6. The van der Waals surface area contributed by atoms with Crippen molar-refractivity contribution in [2.24, 2.45) is 17.6 Å². The fraction of sp³-hybridized carbons (Fsp3) is 0.455. The van der Waals surface area contributed by atoms with Gasteiger partial charge in [0, 0.05) is 56.4 Å². The number of carbonyl (C=O) groups excluding carboxylic acids is 1. The number of benzene rings is 2. The summed E-state index contributed by atoms with van der Waals surface area (Å²) in [6.07, 6.45) is 9.41. The third-order valence-corrected chi connectivity index (χ3v) is 9.72. The van der Waals surface area contributed by atoms with Crippen LogP contribution in [0.2, 0.25) is 0 Å². The lowest BCUT2D eigenvalue weighted by molar-refractivity contribution is -0.137. The monoisotopic (exact) mass is 756 g/mol. The molecule has 0 bridgehead atoms. The summed E-state index contributed by atoms with van der Waals surface area (Å²) >= 11 is 0. The number of hydrogen-bond donors (Lipinski definition) is 5. The highest BCUT2D eigenvalue weighted by atomic mass is 16.4. The zero-order valence-corrected chi connectivity index (χ0v) is 34.0. The summed E-state index contributed by atoms with van der Waals surface area (Å²) in [5, 5.41) is 30.4. The van der Waals surface area contributed by atoms with Crippen LogP contribution in [0, 0.1) is 11.8 Å². The molecule has 300 valence electrons. The number of aromatic nitrogens is 2. The van der Waals surface area contributed by atoms with Crippen molar-refractivity contribution in [1.29, 1.82) is 0 Å². The zero-order chi connectivity index (χ0) is 40.9. The minimum absolute atomic E-state index is 0.0567. The lowest BCUT2D eigenvalue weighted by Gasteiger charge is -2.26. The number of likely N-dealkylation sites (N-methyl/N-ethyl adjacent to an activating group) is 2. The van der Waals surface area contributed by atoms with Crippen LogP contribution >= 0.6 is 0 Å². The molecule has 0 fully saturated rings. The number of aliphatic carboxylic acids is 1. The highest BCUT2D eigenvalue weighted by molar-refractivity contribution is 5.77. The Morgan fingerprint density at radius 1 is 0.673 bits per heavy atom. The molecule has 6 N–H and O–H groups in total. The van der Waals surface area contributed by atoms with E-state index in [1.807, 2.05) is 96.8 Å². The third kappa shape index (κ3) is 17.9. The molecule has 4 rings (SSSR count). The molecule has 4 atom stereocenters. The first-order valence-electron chi connectivity index (χ1n) is 19.0. The number of carboxylic acid groups (broad SMARTS) is 1. The van der Waals surface area contributed by atoms with Crippen molar-refractivity contribution in [3.63, 3.8) is 0 Å². The number of nitrogens with zero attached hydrogens (tertiary/aromatic N) is 4. The molecule has 4 aromatic rings. The van der Waals surface area contributed by atoms with E-state index in [0.29, 0.717) is 43.1 Å². The molecule has 11 nitrogen and oxygen atoms in total. The van der Waals surface area contributed by atoms with Crippen LogP contribution in [0.3, 0.4) is 0 Å². The summed E-state index contributed by atoms with van der Waals surface area (Å²) in [4.78, 5) is 35.7. The van der Waals surface area contributed by atoms with Gasteiger partial charge < -0.3 is 36.2 Å². The minimum atomic E-state index is -0.757. The molecule has 11 heteroatoms. The van der Waals surface area contributed by atoms with Gasteiger partial charge in [-0.1, -0.05) is 64.1 Å². The average Bonchev–Trinajstić information content (AvgIpc) is 3.15. The molecule has 0 saturated heterocycles. The van der Waals surface area contributed by atoms with E-state index in [0.717, 1.165) is 29.5 Å². The van der Waals surface area contributed by atoms with Crippen molar-refractivity contribution in [3.05, 3.63) is 120 Å². The van der Waals surface area contributed by atoms with Crippen molar-refractivity contribution in [2.75, 3.05) is 41.3 Å². The summed E-state index contributed by atoms with van der Waals surface area (Å²) in [6, 6.07) is 22.8. The van der Waals surface area contributed by atoms with Crippen molar-refractivity contribution in [2.45, 2.75) is 77.3 Å². The Morgan fingerprint density at radius 2 is 1.09 bits per heavy atom. The SMILES string of the molecule is CC(C)[C@H](CC(=O)NC[C@H](Cc1ccc(O)cc1)N(C)C)c1cccnc1.CC(C)[C@H](CC(=O)O)c1cccnc1.CN(C)[C@H](CN)Cc1ccc(O)cc1. The fourth-order valence-electron chi connectivity index (χ4n) is 6.08. The first kappa shape index (κ1) is 46.3. The second kappa shape index (κ2) is 24.5. The molecular formula is C44H64N6O5. The van der Waals surface area contributed by atoms with Crippen LogP contribution in [0.1, 0.15) is 74.6 Å². The van der Waals surface area contributed by atoms with Gasteiger partial charge in [-0.2, -0.15) is 0 Å². The number of aromatic hydroxyl groups is 2. The lowest BCUT2D eigenvalue weighted by atomic mass is 9.86. The van der Waals surface area contributed by atoms with Crippen molar-refractivity contribution in [3.8, 4) is 11.5 Å². The number of phenolic OH excluding ortho intramolecular Hbond substituents is 2. The van der Waals surface area contributed by atoms with Crippen LogP contribution in [0.4, 0.5) is 0 Å². The topological polar surface area (TPSA) is 165 Å². The van der Waals surface area contributed by atoms with E-state index >= 15 is 0 Å². The number of carbonyl (C=O) groups is 2. The number of pyridine rings is 2. The number of hydrogen-bond acceptors (Lipinski definition) is 9. The first-order chi connectivity index (χ1) is 26.1. The molecule has 2 aromatic carbocycles. The van der Waals surface area contributed by atoms with Gasteiger partial charge in [-0.05, 0) is 123 Å². The highest BCUT2D eigenvalue weighted by Gasteiger charge is 2.22. The molecule has 0 radical (unpaired) electrons. The van der Waals surface area contributed by atoms with Crippen LogP contribution in [0.5, 0.6) is 11.5 Å². The third-order valence-electron chi connectivity index (χ3n) is 9.72. The molecule has 55 heavy (non-hydrogen) atoms. The molecule has 1 amide bonds. The van der Waals surface area contributed by atoms with Gasteiger partial charge in [-0.25, -0.2) is 0 Å². The molecule has 2 heterocycles. The Hall–Kier alpha value is -4.84. The molecule has 2 aromatic heterocycles. The van der Waals surface area contributed by atoms with Gasteiger partial charge in [0.2, 0.25) is 5.91 Å². The van der Waals surface area contributed by atoms with Gasteiger partial charge in [0.25, 0.3) is 0 Å². The van der Waals surface area contributed by atoms with Gasteiger partial charge in [0.1, 0.15) is 11.5 Å². The predicted molar refractivity (Wildman–Crippen MR) is 221 cm³/mol. The zero-order valence-electron chi connectivity index (χ0n) is 34.0. The van der Waals surface area contributed by atoms with E-state index in [9.17, 15) is 14.7 Å². The maximum atomic E-state index is 12.6. The number of phenols is 2. The van der Waals surface area contributed by atoms with Crippen molar-refractivity contribution >= 4 is 11.9 Å². The second-order valence-corrected chi connectivity index (χ2v) is 15.1. The van der Waals surface area contributed by atoms with E-state index in [4.69, 9.17) is 15.9 Å². The molecule has 0 saturated carbocycles. The summed E-state index contributed by atoms with van der Waals surface area (Å²) in [6.45, 7) is 9.57. The minimum Gasteiger partial charge on any atom is -0.508 e. The lowest BCUT2D eigenvalue weighted by Crippen LogP contribution is -2.42. The number of nitrogens with two attached hydrogens (primary N) is 1. The highest BCUT2D eigenvalue weighted by Crippen LogP contribution is 2.28. The number of carboxylic acids is 1. The van der Waals surface area contributed by atoms with Crippen LogP contribution in [-0.4, -0.2) is 100 Å². The van der Waals surface area contributed by atoms with Crippen LogP contribution < -0.4 is 11.1 Å². The number of rotatable bonds is 17. The Kier molecular flexibility index (Phi) is 20.7. The Balaban J connectivity index is 0.000000314. The largest absolute Gasteiger partial charge is 0.508 e. The smallest absolute Gasteiger partial charge is 0.303 e.